The molecule has 0 radical (unpaired) electrons. The lowest BCUT2D eigenvalue weighted by molar-refractivity contribution is -0.118. The Labute approximate surface area is 171 Å². The number of unbranched alkanes of at least 4 members (excludes halogenated alkanes) is 1. The fourth-order valence-corrected chi connectivity index (χ4v) is 4.91. The van der Waals surface area contributed by atoms with Crippen molar-refractivity contribution < 1.29 is 4.79 Å². The van der Waals surface area contributed by atoms with E-state index in [1.807, 2.05) is 28.8 Å². The van der Waals surface area contributed by atoms with E-state index in [1.54, 1.807) is 0 Å². The molecule has 0 saturated heterocycles. The van der Waals surface area contributed by atoms with Gasteiger partial charge in [0.2, 0.25) is 5.91 Å². The monoisotopic (exact) mass is 401 g/mol. The smallest absolute Gasteiger partial charge is 0.262 e. The largest absolute Gasteiger partial charge is 0.355 e. The van der Waals surface area contributed by atoms with Gasteiger partial charge < -0.3 is 5.32 Å². The summed E-state index contributed by atoms with van der Waals surface area (Å²) in [6, 6.07) is 7.65. The molecule has 1 heterocycles. The number of aromatic nitrogens is 2. The third kappa shape index (κ3) is 4.59. The third-order valence-corrected chi connectivity index (χ3v) is 6.91. The Balaban J connectivity index is 1.93. The number of carbonyl (C=O) groups is 1. The van der Waals surface area contributed by atoms with Gasteiger partial charge in [-0.05, 0) is 36.8 Å². The van der Waals surface area contributed by atoms with E-state index in [-0.39, 0.29) is 23.3 Å². The molecule has 28 heavy (non-hydrogen) atoms. The Bertz CT molecular complexity index is 880. The standard InChI is InChI=1S/C22H31N3O2S/c1-4-5-13-23-20(26)14-28-22-24-18-11-7-6-10-17(18)21(27)25(22)19-12-8-9-15(2)16(19)3/h6-7,10-11,15-16,19H,4-5,8-9,12-14H2,1-3H3,(H,23,26). The predicted octanol–water partition coefficient (Wildman–Crippen LogP) is 4.40. The van der Waals surface area contributed by atoms with Crippen LogP contribution < -0.4 is 10.9 Å². The summed E-state index contributed by atoms with van der Waals surface area (Å²) in [6.45, 7) is 7.31. The molecule has 152 valence electrons. The number of para-hydroxylation sites is 1. The molecule has 3 atom stereocenters. The van der Waals surface area contributed by atoms with E-state index >= 15 is 0 Å². The van der Waals surface area contributed by atoms with Gasteiger partial charge in [-0.3, -0.25) is 14.2 Å². The van der Waals surface area contributed by atoms with E-state index in [1.165, 1.54) is 18.2 Å². The molecule has 3 unspecified atom stereocenters. The minimum Gasteiger partial charge on any atom is -0.355 e. The van der Waals surface area contributed by atoms with Crippen LogP contribution in [0.5, 0.6) is 0 Å². The Morgan fingerprint density at radius 2 is 2.07 bits per heavy atom. The molecular weight excluding hydrogens is 370 g/mol. The highest BCUT2D eigenvalue weighted by molar-refractivity contribution is 7.99. The first kappa shape index (κ1) is 20.9. The molecule has 0 spiro atoms. The van der Waals surface area contributed by atoms with Crippen LogP contribution in [0.15, 0.2) is 34.2 Å². The lowest BCUT2D eigenvalue weighted by atomic mass is 9.78. The van der Waals surface area contributed by atoms with Crippen molar-refractivity contribution >= 4 is 28.6 Å². The molecule has 2 aromatic rings. The van der Waals surface area contributed by atoms with Crippen LogP contribution in [0.3, 0.4) is 0 Å². The Morgan fingerprint density at radius 3 is 2.86 bits per heavy atom. The van der Waals surface area contributed by atoms with E-state index in [2.05, 4.69) is 26.1 Å². The number of hydrogen-bond acceptors (Lipinski definition) is 4. The third-order valence-electron chi connectivity index (χ3n) is 5.96. The highest BCUT2D eigenvalue weighted by Gasteiger charge is 2.31. The number of hydrogen-bond donors (Lipinski definition) is 1. The van der Waals surface area contributed by atoms with Gasteiger partial charge in [-0.2, -0.15) is 0 Å². The molecule has 1 fully saturated rings. The molecule has 1 amide bonds. The van der Waals surface area contributed by atoms with Gasteiger partial charge >= 0.3 is 0 Å². The summed E-state index contributed by atoms with van der Waals surface area (Å²) < 4.78 is 1.88. The highest BCUT2D eigenvalue weighted by atomic mass is 32.2. The summed E-state index contributed by atoms with van der Waals surface area (Å²) in [5, 5.41) is 4.27. The molecule has 0 aliphatic heterocycles. The lowest BCUT2D eigenvalue weighted by Crippen LogP contribution is -2.35. The van der Waals surface area contributed by atoms with Crippen LogP contribution in [0, 0.1) is 11.8 Å². The van der Waals surface area contributed by atoms with Gasteiger partial charge in [-0.1, -0.05) is 63.9 Å². The number of fused-ring (bicyclic) bond motifs is 1. The summed E-state index contributed by atoms with van der Waals surface area (Å²) in [5.41, 5.74) is 0.722. The topological polar surface area (TPSA) is 64.0 Å². The quantitative estimate of drug-likeness (QED) is 0.424. The SMILES string of the molecule is CCCCNC(=O)CSc1nc2ccccc2c(=O)n1C1CCCC(C)C1C. The predicted molar refractivity (Wildman–Crippen MR) is 116 cm³/mol. The van der Waals surface area contributed by atoms with E-state index in [4.69, 9.17) is 4.98 Å². The minimum atomic E-state index is -0.00234. The average Bonchev–Trinajstić information content (AvgIpc) is 2.69. The van der Waals surface area contributed by atoms with Crippen molar-refractivity contribution in [2.75, 3.05) is 12.3 Å². The summed E-state index contributed by atoms with van der Waals surface area (Å²) in [6.07, 6.45) is 5.35. The van der Waals surface area contributed by atoms with E-state index < -0.39 is 0 Å². The number of nitrogens with one attached hydrogen (secondary N) is 1. The van der Waals surface area contributed by atoms with Crippen LogP contribution in [-0.2, 0) is 4.79 Å². The van der Waals surface area contributed by atoms with Crippen molar-refractivity contribution in [2.45, 2.75) is 64.1 Å². The Hall–Kier alpha value is -1.82. The number of amides is 1. The van der Waals surface area contributed by atoms with Gasteiger partial charge in [0.15, 0.2) is 5.16 Å². The second-order valence-corrected chi connectivity index (χ2v) is 8.86. The van der Waals surface area contributed by atoms with Gasteiger partial charge in [0.05, 0.1) is 16.7 Å². The number of benzene rings is 1. The molecule has 1 aliphatic rings. The Morgan fingerprint density at radius 1 is 1.29 bits per heavy atom. The molecule has 3 rings (SSSR count). The Kier molecular flexibility index (Phi) is 7.16. The number of thioether (sulfide) groups is 1. The molecule has 1 aromatic carbocycles. The fraction of sp³-hybridized carbons (Fsp3) is 0.591. The average molecular weight is 402 g/mol. The number of rotatable bonds is 7. The first-order valence-corrected chi connectivity index (χ1v) is 11.4. The maximum atomic E-state index is 13.4. The summed E-state index contributed by atoms with van der Waals surface area (Å²) in [4.78, 5) is 30.3. The van der Waals surface area contributed by atoms with E-state index in [0.29, 0.717) is 34.4 Å². The van der Waals surface area contributed by atoms with Crippen molar-refractivity contribution in [3.8, 4) is 0 Å². The van der Waals surface area contributed by atoms with Crippen LogP contribution in [0.4, 0.5) is 0 Å². The van der Waals surface area contributed by atoms with Crippen LogP contribution in [0.2, 0.25) is 0 Å². The first-order chi connectivity index (χ1) is 13.5. The molecule has 5 nitrogen and oxygen atoms in total. The van der Waals surface area contributed by atoms with Crippen molar-refractivity contribution in [1.82, 2.24) is 14.9 Å². The van der Waals surface area contributed by atoms with E-state index in [9.17, 15) is 9.59 Å². The lowest BCUT2D eigenvalue weighted by Gasteiger charge is -2.36. The van der Waals surface area contributed by atoms with Gasteiger partial charge in [0.1, 0.15) is 0 Å². The van der Waals surface area contributed by atoms with Crippen molar-refractivity contribution in [3.63, 3.8) is 0 Å². The highest BCUT2D eigenvalue weighted by Crippen LogP contribution is 2.38. The van der Waals surface area contributed by atoms with Crippen LogP contribution in [0.1, 0.15) is 58.9 Å². The summed E-state index contributed by atoms with van der Waals surface area (Å²) in [5.74, 6) is 1.27. The van der Waals surface area contributed by atoms with Crippen LogP contribution in [-0.4, -0.2) is 27.8 Å². The second kappa shape index (κ2) is 9.59. The van der Waals surface area contributed by atoms with E-state index in [0.717, 1.165) is 25.7 Å². The maximum absolute atomic E-state index is 13.4. The van der Waals surface area contributed by atoms with Gasteiger partial charge in [0, 0.05) is 12.6 Å². The first-order valence-electron chi connectivity index (χ1n) is 10.4. The number of carbonyl (C=O) groups excluding carboxylic acids is 1. The zero-order valence-corrected chi connectivity index (χ0v) is 17.9. The van der Waals surface area contributed by atoms with Crippen molar-refractivity contribution in [3.05, 3.63) is 34.6 Å². The second-order valence-electron chi connectivity index (χ2n) is 7.91. The molecule has 6 heteroatoms. The van der Waals surface area contributed by atoms with Crippen LogP contribution in [0.25, 0.3) is 10.9 Å². The molecular formula is C22H31N3O2S. The van der Waals surface area contributed by atoms with Crippen LogP contribution >= 0.6 is 11.8 Å². The van der Waals surface area contributed by atoms with Gasteiger partial charge in [0.25, 0.3) is 5.56 Å². The summed E-state index contributed by atoms with van der Waals surface area (Å²) >= 11 is 1.38. The molecule has 1 aliphatic carbocycles. The van der Waals surface area contributed by atoms with Crippen molar-refractivity contribution in [1.29, 1.82) is 0 Å². The zero-order valence-electron chi connectivity index (χ0n) is 17.1. The number of nitrogens with zero attached hydrogens (tertiary/aromatic N) is 2. The minimum absolute atomic E-state index is 0.00234. The zero-order chi connectivity index (χ0) is 20.1. The molecule has 1 aromatic heterocycles. The maximum Gasteiger partial charge on any atom is 0.262 e. The van der Waals surface area contributed by atoms with Gasteiger partial charge in [-0.25, -0.2) is 4.98 Å². The molecule has 1 N–H and O–H groups in total. The molecule has 1 saturated carbocycles. The normalized spacial score (nSPS) is 22.3. The van der Waals surface area contributed by atoms with Gasteiger partial charge in [-0.15, -0.1) is 0 Å². The summed E-state index contributed by atoms with van der Waals surface area (Å²) in [7, 11) is 0. The molecule has 0 bridgehead atoms. The fourth-order valence-electron chi connectivity index (χ4n) is 4.02. The van der Waals surface area contributed by atoms with Crippen molar-refractivity contribution in [2.24, 2.45) is 11.8 Å².